The Morgan fingerprint density at radius 1 is 1.00 bits per heavy atom. The zero-order chi connectivity index (χ0) is 20.1. The van der Waals surface area contributed by atoms with Gasteiger partial charge in [-0.15, -0.1) is 0 Å². The number of aryl methyl sites for hydroxylation is 1. The number of aliphatic hydroxyl groups is 1. The fraction of sp³-hybridized carbons (Fsp3) is 0.227. The van der Waals surface area contributed by atoms with Gasteiger partial charge in [-0.3, -0.25) is 4.79 Å². The average Bonchev–Trinajstić information content (AvgIpc) is 2.69. The number of amides is 1. The van der Waals surface area contributed by atoms with Crippen LogP contribution in [0.15, 0.2) is 71.6 Å². The summed E-state index contributed by atoms with van der Waals surface area (Å²) in [5.41, 5.74) is 1.67. The normalized spacial score (nSPS) is 12.6. The van der Waals surface area contributed by atoms with Crippen molar-refractivity contribution in [3.8, 4) is 0 Å². The molecular weight excluding hydrogens is 374 g/mol. The Labute approximate surface area is 164 Å². The molecule has 0 unspecified atom stereocenters. The largest absolute Gasteiger partial charge is 0.387 e. The molecule has 0 bridgehead atoms. The number of aliphatic hydroxyl groups excluding tert-OH is 1. The molecule has 0 fully saturated rings. The lowest BCUT2D eigenvalue weighted by molar-refractivity contribution is -0.121. The first-order valence-electron chi connectivity index (χ1n) is 9.06. The number of sulfone groups is 1. The molecule has 146 valence electrons. The van der Waals surface area contributed by atoms with Crippen LogP contribution in [-0.4, -0.2) is 32.2 Å². The number of nitrogens with one attached hydrogen (secondary N) is 1. The maximum absolute atomic E-state index is 12.1. The van der Waals surface area contributed by atoms with Crippen molar-refractivity contribution in [2.75, 3.05) is 12.8 Å². The molecule has 28 heavy (non-hydrogen) atoms. The van der Waals surface area contributed by atoms with Crippen LogP contribution in [0.25, 0.3) is 10.8 Å². The quantitative estimate of drug-likeness (QED) is 0.642. The molecule has 0 spiro atoms. The number of benzene rings is 3. The highest BCUT2D eigenvalue weighted by molar-refractivity contribution is 7.90. The van der Waals surface area contributed by atoms with E-state index in [9.17, 15) is 18.3 Å². The second-order valence-corrected chi connectivity index (χ2v) is 8.82. The smallest absolute Gasteiger partial charge is 0.220 e. The van der Waals surface area contributed by atoms with Crippen molar-refractivity contribution < 1.29 is 18.3 Å². The van der Waals surface area contributed by atoms with Crippen LogP contribution in [0.2, 0.25) is 0 Å². The molecule has 6 heteroatoms. The zero-order valence-corrected chi connectivity index (χ0v) is 16.4. The van der Waals surface area contributed by atoms with E-state index in [-0.39, 0.29) is 23.8 Å². The van der Waals surface area contributed by atoms with Gasteiger partial charge in [-0.05, 0) is 40.5 Å². The molecule has 3 aromatic rings. The van der Waals surface area contributed by atoms with Crippen molar-refractivity contribution in [1.82, 2.24) is 5.32 Å². The van der Waals surface area contributed by atoms with Gasteiger partial charge >= 0.3 is 0 Å². The second kappa shape index (κ2) is 8.54. The lowest BCUT2D eigenvalue weighted by Crippen LogP contribution is -2.28. The Balaban J connectivity index is 1.54. The Hall–Kier alpha value is -2.70. The van der Waals surface area contributed by atoms with Crippen molar-refractivity contribution in [1.29, 1.82) is 0 Å². The summed E-state index contributed by atoms with van der Waals surface area (Å²) in [6.07, 6.45) is 1.14. The Morgan fingerprint density at radius 2 is 1.68 bits per heavy atom. The van der Waals surface area contributed by atoms with Gasteiger partial charge in [0.1, 0.15) is 0 Å². The van der Waals surface area contributed by atoms with Gasteiger partial charge in [0.15, 0.2) is 9.84 Å². The van der Waals surface area contributed by atoms with Gasteiger partial charge in [0.05, 0.1) is 11.0 Å². The molecule has 1 atom stereocenters. The first-order valence-corrected chi connectivity index (χ1v) is 10.9. The number of hydrogen-bond acceptors (Lipinski definition) is 4. The summed E-state index contributed by atoms with van der Waals surface area (Å²) in [6, 6.07) is 20.1. The molecule has 0 aromatic heterocycles. The molecule has 0 saturated carbocycles. The van der Waals surface area contributed by atoms with Gasteiger partial charge in [-0.25, -0.2) is 8.42 Å². The van der Waals surface area contributed by atoms with E-state index >= 15 is 0 Å². The highest BCUT2D eigenvalue weighted by Crippen LogP contribution is 2.23. The van der Waals surface area contributed by atoms with Crippen LogP contribution in [0, 0.1) is 0 Å². The zero-order valence-electron chi connectivity index (χ0n) is 15.6. The molecule has 0 saturated heterocycles. The summed E-state index contributed by atoms with van der Waals surface area (Å²) in [7, 11) is -3.22. The van der Waals surface area contributed by atoms with Crippen molar-refractivity contribution in [3.05, 3.63) is 77.9 Å². The molecule has 0 aliphatic rings. The SMILES string of the molecule is CS(=O)(=O)c1ccc(CCC(=O)NC[C@@H](O)c2cccc3ccccc23)cc1. The van der Waals surface area contributed by atoms with Gasteiger partial charge in [-0.2, -0.15) is 0 Å². The predicted octanol–water partition coefficient (Wildman–Crippen LogP) is 3.03. The molecule has 5 nitrogen and oxygen atoms in total. The number of hydrogen-bond donors (Lipinski definition) is 2. The third-order valence-electron chi connectivity index (χ3n) is 4.67. The first kappa shape index (κ1) is 20.0. The van der Waals surface area contributed by atoms with Crippen LogP contribution >= 0.6 is 0 Å². The van der Waals surface area contributed by atoms with E-state index in [0.717, 1.165) is 28.2 Å². The monoisotopic (exact) mass is 397 g/mol. The second-order valence-electron chi connectivity index (χ2n) is 6.80. The first-order chi connectivity index (χ1) is 13.3. The summed E-state index contributed by atoms with van der Waals surface area (Å²) in [4.78, 5) is 12.4. The Bertz CT molecular complexity index is 1070. The van der Waals surface area contributed by atoms with Crippen LogP contribution in [0.3, 0.4) is 0 Å². The molecule has 0 heterocycles. The van der Waals surface area contributed by atoms with Gasteiger partial charge in [0, 0.05) is 19.2 Å². The number of carbonyl (C=O) groups excluding carboxylic acids is 1. The van der Waals surface area contributed by atoms with Crippen LogP contribution in [0.1, 0.15) is 23.7 Å². The summed E-state index contributed by atoms with van der Waals surface area (Å²) in [5.74, 6) is -0.161. The summed E-state index contributed by atoms with van der Waals surface area (Å²) in [5, 5.41) is 15.3. The standard InChI is InChI=1S/C22H23NO4S/c1-28(26,27)18-12-9-16(10-13-18)11-14-22(25)23-15-21(24)20-8-4-6-17-5-2-3-7-19(17)20/h2-10,12-13,21,24H,11,14-15H2,1H3,(H,23,25)/t21-/m1/s1. The average molecular weight is 397 g/mol. The Morgan fingerprint density at radius 3 is 2.39 bits per heavy atom. The van der Waals surface area contributed by atoms with E-state index in [1.54, 1.807) is 24.3 Å². The minimum Gasteiger partial charge on any atom is -0.387 e. The molecule has 3 rings (SSSR count). The van der Waals surface area contributed by atoms with E-state index in [4.69, 9.17) is 0 Å². The minimum atomic E-state index is -3.22. The van der Waals surface area contributed by atoms with Gasteiger partial charge in [0.25, 0.3) is 0 Å². The summed E-state index contributed by atoms with van der Waals surface area (Å²) in [6.45, 7) is 0.139. The van der Waals surface area contributed by atoms with Crippen LogP contribution < -0.4 is 5.32 Å². The molecule has 1 amide bonds. The highest BCUT2D eigenvalue weighted by Gasteiger charge is 2.13. The van der Waals surface area contributed by atoms with E-state index < -0.39 is 15.9 Å². The fourth-order valence-electron chi connectivity index (χ4n) is 3.11. The lowest BCUT2D eigenvalue weighted by atomic mass is 10.0. The van der Waals surface area contributed by atoms with Crippen molar-refractivity contribution >= 4 is 26.5 Å². The predicted molar refractivity (Wildman–Crippen MR) is 110 cm³/mol. The van der Waals surface area contributed by atoms with Crippen molar-refractivity contribution in [3.63, 3.8) is 0 Å². The lowest BCUT2D eigenvalue weighted by Gasteiger charge is -2.15. The maximum atomic E-state index is 12.1. The number of fused-ring (bicyclic) bond motifs is 1. The topological polar surface area (TPSA) is 83.5 Å². The maximum Gasteiger partial charge on any atom is 0.220 e. The highest BCUT2D eigenvalue weighted by atomic mass is 32.2. The van der Waals surface area contributed by atoms with E-state index in [1.807, 2.05) is 42.5 Å². The molecular formula is C22H23NO4S. The minimum absolute atomic E-state index is 0.139. The van der Waals surface area contributed by atoms with Crippen LogP contribution in [0.4, 0.5) is 0 Å². The summed E-state index contributed by atoms with van der Waals surface area (Å²) >= 11 is 0. The van der Waals surface area contributed by atoms with E-state index in [1.165, 1.54) is 0 Å². The molecule has 2 N–H and O–H groups in total. The van der Waals surface area contributed by atoms with E-state index in [0.29, 0.717) is 6.42 Å². The molecule has 0 aliphatic carbocycles. The summed E-state index contributed by atoms with van der Waals surface area (Å²) < 4.78 is 22.9. The van der Waals surface area contributed by atoms with Gasteiger partial charge in [-0.1, -0.05) is 54.6 Å². The van der Waals surface area contributed by atoms with Crippen molar-refractivity contribution in [2.45, 2.75) is 23.8 Å². The molecule has 0 radical (unpaired) electrons. The molecule has 3 aromatic carbocycles. The number of carbonyl (C=O) groups is 1. The third-order valence-corrected chi connectivity index (χ3v) is 5.80. The van der Waals surface area contributed by atoms with Crippen molar-refractivity contribution in [2.24, 2.45) is 0 Å². The van der Waals surface area contributed by atoms with Gasteiger partial charge in [0.2, 0.25) is 5.91 Å². The third kappa shape index (κ3) is 4.97. The van der Waals surface area contributed by atoms with E-state index in [2.05, 4.69) is 5.32 Å². The fourth-order valence-corrected chi connectivity index (χ4v) is 3.74. The molecule has 0 aliphatic heterocycles. The van der Waals surface area contributed by atoms with Crippen LogP contribution in [-0.2, 0) is 21.1 Å². The van der Waals surface area contributed by atoms with Crippen LogP contribution in [0.5, 0.6) is 0 Å². The Kier molecular flexibility index (Phi) is 6.11. The van der Waals surface area contributed by atoms with Gasteiger partial charge < -0.3 is 10.4 Å². The number of rotatable bonds is 7.